The average molecular weight is 334 g/mol. The van der Waals surface area contributed by atoms with Crippen LogP contribution in [0.5, 0.6) is 11.5 Å². The Kier molecular flexibility index (Phi) is 7.55. The maximum atomic E-state index is 11.8. The Morgan fingerprint density at radius 2 is 1.75 bits per heavy atom. The van der Waals surface area contributed by atoms with Crippen molar-refractivity contribution in [3.05, 3.63) is 41.5 Å². The normalized spacial score (nSPS) is 9.67. The number of allylic oxidation sites excluding steroid dienone is 1. The van der Waals surface area contributed by atoms with Gasteiger partial charge in [-0.25, -0.2) is 9.59 Å². The predicted octanol–water partition coefficient (Wildman–Crippen LogP) is 2.55. The van der Waals surface area contributed by atoms with Crippen LogP contribution in [0, 0.1) is 0 Å². The van der Waals surface area contributed by atoms with E-state index in [4.69, 9.17) is 9.47 Å². The molecule has 0 heterocycles. The van der Waals surface area contributed by atoms with Crippen molar-refractivity contribution >= 4 is 18.0 Å². The Bertz CT molecular complexity index is 627. The van der Waals surface area contributed by atoms with Gasteiger partial charge in [0.1, 0.15) is 5.57 Å². The first-order chi connectivity index (χ1) is 11.5. The molecule has 0 aliphatic rings. The van der Waals surface area contributed by atoms with Crippen LogP contribution in [0.1, 0.15) is 18.1 Å². The van der Waals surface area contributed by atoms with Crippen molar-refractivity contribution in [3.8, 4) is 11.5 Å². The Morgan fingerprint density at radius 3 is 2.21 bits per heavy atom. The van der Waals surface area contributed by atoms with Crippen LogP contribution < -0.4 is 9.47 Å². The number of hydrogen-bond donors (Lipinski definition) is 0. The minimum Gasteiger partial charge on any atom is -0.493 e. The van der Waals surface area contributed by atoms with Gasteiger partial charge < -0.3 is 18.9 Å². The quantitative estimate of drug-likeness (QED) is 0.239. The monoisotopic (exact) mass is 334 g/mol. The Hall–Kier alpha value is -2.76. The standard InChI is InChI=1S/C18H22O6/c1-6-8-13-9-12(11-15(24-7-2)16(13)21-3)10-14(17(19)22-4)18(20)23-5/h6,9-11H,1,7-8H2,2-5H3. The summed E-state index contributed by atoms with van der Waals surface area (Å²) in [6, 6.07) is 3.47. The average Bonchev–Trinajstić information content (AvgIpc) is 2.59. The summed E-state index contributed by atoms with van der Waals surface area (Å²) in [6.45, 7) is 6.01. The van der Waals surface area contributed by atoms with Crippen molar-refractivity contribution in [1.82, 2.24) is 0 Å². The number of methoxy groups -OCH3 is 3. The lowest BCUT2D eigenvalue weighted by Gasteiger charge is -2.14. The molecule has 0 fully saturated rings. The summed E-state index contributed by atoms with van der Waals surface area (Å²) in [5.74, 6) is -0.451. The van der Waals surface area contributed by atoms with Gasteiger partial charge in [-0.05, 0) is 37.1 Å². The van der Waals surface area contributed by atoms with Crippen LogP contribution in [0.15, 0.2) is 30.4 Å². The van der Waals surface area contributed by atoms with E-state index in [9.17, 15) is 9.59 Å². The van der Waals surface area contributed by atoms with Crippen molar-refractivity contribution in [3.63, 3.8) is 0 Å². The smallest absolute Gasteiger partial charge is 0.345 e. The number of benzene rings is 1. The second kappa shape index (κ2) is 9.39. The predicted molar refractivity (Wildman–Crippen MR) is 90.1 cm³/mol. The number of carbonyl (C=O) groups excluding carboxylic acids is 2. The molecule has 0 aliphatic heterocycles. The molecule has 6 nitrogen and oxygen atoms in total. The fraction of sp³-hybridized carbons (Fsp3) is 0.333. The summed E-state index contributed by atoms with van der Waals surface area (Å²) in [6.07, 6.45) is 3.66. The van der Waals surface area contributed by atoms with E-state index in [1.165, 1.54) is 20.3 Å². The van der Waals surface area contributed by atoms with Gasteiger partial charge in [0, 0.05) is 5.56 Å². The SMILES string of the molecule is C=CCc1cc(C=C(C(=O)OC)C(=O)OC)cc(OCC)c1OC. The zero-order chi connectivity index (χ0) is 18.1. The highest BCUT2D eigenvalue weighted by atomic mass is 16.5. The maximum Gasteiger partial charge on any atom is 0.345 e. The van der Waals surface area contributed by atoms with Crippen LogP contribution in [-0.2, 0) is 25.5 Å². The summed E-state index contributed by atoms with van der Waals surface area (Å²) in [5.41, 5.74) is 1.19. The van der Waals surface area contributed by atoms with Crippen molar-refractivity contribution < 1.29 is 28.5 Å². The maximum absolute atomic E-state index is 11.8. The third-order valence-electron chi connectivity index (χ3n) is 3.14. The molecule has 0 radical (unpaired) electrons. The third-order valence-corrected chi connectivity index (χ3v) is 3.14. The molecular weight excluding hydrogens is 312 g/mol. The van der Waals surface area contributed by atoms with Gasteiger partial charge in [-0.3, -0.25) is 0 Å². The summed E-state index contributed by atoms with van der Waals surface area (Å²) in [5, 5.41) is 0. The lowest BCUT2D eigenvalue weighted by molar-refractivity contribution is -0.143. The molecule has 0 unspecified atom stereocenters. The van der Waals surface area contributed by atoms with Gasteiger partial charge >= 0.3 is 11.9 Å². The van der Waals surface area contributed by atoms with Crippen LogP contribution in [0.4, 0.5) is 0 Å². The fourth-order valence-corrected chi connectivity index (χ4v) is 2.16. The van der Waals surface area contributed by atoms with Gasteiger partial charge in [0.15, 0.2) is 11.5 Å². The third kappa shape index (κ3) is 4.62. The van der Waals surface area contributed by atoms with E-state index in [0.717, 1.165) is 5.56 Å². The van der Waals surface area contributed by atoms with Gasteiger partial charge in [-0.15, -0.1) is 6.58 Å². The topological polar surface area (TPSA) is 71.1 Å². The molecule has 0 saturated heterocycles. The molecule has 0 aromatic heterocycles. The Morgan fingerprint density at radius 1 is 1.12 bits per heavy atom. The van der Waals surface area contributed by atoms with Gasteiger partial charge in [0.2, 0.25) is 0 Å². The van der Waals surface area contributed by atoms with E-state index >= 15 is 0 Å². The first kappa shape index (κ1) is 19.3. The highest BCUT2D eigenvalue weighted by Gasteiger charge is 2.20. The van der Waals surface area contributed by atoms with Crippen LogP contribution >= 0.6 is 0 Å². The van der Waals surface area contributed by atoms with E-state index in [2.05, 4.69) is 16.1 Å². The zero-order valence-corrected chi connectivity index (χ0v) is 14.4. The first-order valence-electron chi connectivity index (χ1n) is 7.35. The van der Waals surface area contributed by atoms with Crippen LogP contribution in [0.2, 0.25) is 0 Å². The second-order valence-corrected chi connectivity index (χ2v) is 4.68. The summed E-state index contributed by atoms with van der Waals surface area (Å²) >= 11 is 0. The van der Waals surface area contributed by atoms with Crippen molar-refractivity contribution in [1.29, 1.82) is 0 Å². The van der Waals surface area contributed by atoms with E-state index in [0.29, 0.717) is 30.1 Å². The van der Waals surface area contributed by atoms with Crippen LogP contribution in [0.25, 0.3) is 6.08 Å². The Balaban J connectivity index is 3.50. The van der Waals surface area contributed by atoms with Gasteiger partial charge in [-0.1, -0.05) is 6.08 Å². The zero-order valence-electron chi connectivity index (χ0n) is 14.4. The van der Waals surface area contributed by atoms with Crippen molar-refractivity contribution in [2.45, 2.75) is 13.3 Å². The first-order valence-corrected chi connectivity index (χ1v) is 7.35. The molecule has 6 heteroatoms. The minimum absolute atomic E-state index is 0.211. The second-order valence-electron chi connectivity index (χ2n) is 4.68. The van der Waals surface area contributed by atoms with E-state index in [1.54, 1.807) is 25.3 Å². The number of hydrogen-bond acceptors (Lipinski definition) is 6. The molecule has 0 spiro atoms. The number of ether oxygens (including phenoxy) is 4. The lowest BCUT2D eigenvalue weighted by atomic mass is 10.0. The summed E-state index contributed by atoms with van der Waals surface area (Å²) in [7, 11) is 3.94. The molecule has 0 saturated carbocycles. The minimum atomic E-state index is -0.777. The molecule has 24 heavy (non-hydrogen) atoms. The summed E-state index contributed by atoms with van der Waals surface area (Å²) in [4.78, 5) is 23.6. The van der Waals surface area contributed by atoms with Gasteiger partial charge in [0.25, 0.3) is 0 Å². The molecule has 1 aromatic carbocycles. The molecule has 0 atom stereocenters. The molecule has 1 rings (SSSR count). The van der Waals surface area contributed by atoms with E-state index < -0.39 is 11.9 Å². The highest BCUT2D eigenvalue weighted by molar-refractivity contribution is 6.17. The molecule has 0 aliphatic carbocycles. The van der Waals surface area contributed by atoms with Crippen molar-refractivity contribution in [2.24, 2.45) is 0 Å². The lowest BCUT2D eigenvalue weighted by Crippen LogP contribution is -2.15. The van der Waals surface area contributed by atoms with E-state index in [1.807, 2.05) is 6.92 Å². The van der Waals surface area contributed by atoms with Crippen molar-refractivity contribution in [2.75, 3.05) is 27.9 Å². The Labute approximate surface area is 141 Å². The van der Waals surface area contributed by atoms with Crippen LogP contribution in [0.3, 0.4) is 0 Å². The van der Waals surface area contributed by atoms with Crippen LogP contribution in [-0.4, -0.2) is 39.9 Å². The van der Waals surface area contributed by atoms with E-state index in [-0.39, 0.29) is 5.57 Å². The molecule has 0 N–H and O–H groups in total. The number of carbonyl (C=O) groups is 2. The van der Waals surface area contributed by atoms with Gasteiger partial charge in [0.05, 0.1) is 27.9 Å². The largest absolute Gasteiger partial charge is 0.493 e. The van der Waals surface area contributed by atoms with Gasteiger partial charge in [-0.2, -0.15) is 0 Å². The molecule has 1 aromatic rings. The molecule has 0 amide bonds. The highest BCUT2D eigenvalue weighted by Crippen LogP contribution is 2.34. The molecule has 0 bridgehead atoms. The fourth-order valence-electron chi connectivity index (χ4n) is 2.16. The number of esters is 2. The number of rotatable bonds is 8. The molecule has 130 valence electrons. The molecular formula is C18H22O6. The summed E-state index contributed by atoms with van der Waals surface area (Å²) < 4.78 is 20.2.